The van der Waals surface area contributed by atoms with Crippen molar-refractivity contribution >= 4 is 0 Å². The maximum Gasteiger partial charge on any atom is 0.180 e. The first kappa shape index (κ1) is 8.26. The van der Waals surface area contributed by atoms with Crippen molar-refractivity contribution in [2.75, 3.05) is 19.8 Å². The minimum absolute atomic E-state index is 0.0129. The van der Waals surface area contributed by atoms with Crippen LogP contribution in [0.15, 0.2) is 5.29 Å². The van der Waals surface area contributed by atoms with Crippen molar-refractivity contribution in [1.82, 2.24) is 10.3 Å². The SMILES string of the molecule is N#CN1CC(NN=O)CC12COC2. The Morgan fingerprint density at radius 2 is 2.46 bits per heavy atom. The summed E-state index contributed by atoms with van der Waals surface area (Å²) in [5.74, 6) is 0. The summed E-state index contributed by atoms with van der Waals surface area (Å²) in [6.07, 6.45) is 2.87. The average molecular weight is 182 g/mol. The molecule has 1 spiro atoms. The van der Waals surface area contributed by atoms with Gasteiger partial charge in [0.25, 0.3) is 0 Å². The molecule has 0 aliphatic carbocycles. The monoisotopic (exact) mass is 182 g/mol. The number of hydrogen-bond donors (Lipinski definition) is 1. The number of nitriles is 1. The van der Waals surface area contributed by atoms with Crippen LogP contribution in [0.4, 0.5) is 0 Å². The molecule has 0 radical (unpaired) electrons. The van der Waals surface area contributed by atoms with Crippen LogP contribution < -0.4 is 5.43 Å². The Hall–Kier alpha value is -1.35. The number of hydrogen-bond acceptors (Lipinski definition) is 5. The Balaban J connectivity index is 2.05. The molecular formula is C7H10N4O2. The van der Waals surface area contributed by atoms with Gasteiger partial charge >= 0.3 is 0 Å². The zero-order valence-electron chi connectivity index (χ0n) is 7.06. The van der Waals surface area contributed by atoms with E-state index in [1.807, 2.05) is 0 Å². The molecule has 13 heavy (non-hydrogen) atoms. The van der Waals surface area contributed by atoms with Gasteiger partial charge in [0.15, 0.2) is 6.19 Å². The third kappa shape index (κ3) is 1.12. The van der Waals surface area contributed by atoms with Crippen LogP contribution in [0.1, 0.15) is 6.42 Å². The molecule has 0 bridgehead atoms. The number of nitrogens with one attached hydrogen (secondary N) is 1. The number of ether oxygens (including phenoxy) is 1. The van der Waals surface area contributed by atoms with Gasteiger partial charge in [-0.1, -0.05) is 0 Å². The fourth-order valence-corrected chi connectivity index (χ4v) is 1.97. The molecule has 2 saturated heterocycles. The molecule has 2 rings (SSSR count). The lowest BCUT2D eigenvalue weighted by Gasteiger charge is -2.42. The van der Waals surface area contributed by atoms with Gasteiger partial charge in [0.05, 0.1) is 31.3 Å². The van der Waals surface area contributed by atoms with Crippen LogP contribution in [0.3, 0.4) is 0 Å². The summed E-state index contributed by atoms with van der Waals surface area (Å²) in [6, 6.07) is -0.0129. The predicted octanol–water partition coefficient (Wildman–Crippen LogP) is -0.418. The van der Waals surface area contributed by atoms with Gasteiger partial charge < -0.3 is 4.74 Å². The van der Waals surface area contributed by atoms with Crippen LogP contribution in [0.25, 0.3) is 0 Å². The predicted molar refractivity (Wildman–Crippen MR) is 43.2 cm³/mol. The zero-order chi connectivity index (χ0) is 9.31. The Morgan fingerprint density at radius 1 is 1.69 bits per heavy atom. The summed E-state index contributed by atoms with van der Waals surface area (Å²) in [6.45, 7) is 1.71. The molecule has 2 fully saturated rings. The lowest BCUT2D eigenvalue weighted by atomic mass is 9.93. The second kappa shape index (κ2) is 2.85. The van der Waals surface area contributed by atoms with Gasteiger partial charge in [0, 0.05) is 5.29 Å². The smallest absolute Gasteiger partial charge is 0.180 e. The molecule has 6 nitrogen and oxygen atoms in total. The maximum atomic E-state index is 9.98. The van der Waals surface area contributed by atoms with Crippen molar-refractivity contribution in [3.63, 3.8) is 0 Å². The van der Waals surface area contributed by atoms with E-state index in [0.717, 1.165) is 6.42 Å². The number of likely N-dealkylation sites (tertiary alicyclic amines) is 1. The molecule has 1 N–H and O–H groups in total. The van der Waals surface area contributed by atoms with Crippen molar-refractivity contribution in [2.45, 2.75) is 18.0 Å². The van der Waals surface area contributed by atoms with E-state index in [9.17, 15) is 4.91 Å². The van der Waals surface area contributed by atoms with Crippen LogP contribution in [0, 0.1) is 16.4 Å². The maximum absolute atomic E-state index is 9.98. The molecule has 0 aromatic rings. The second-order valence-electron chi connectivity index (χ2n) is 3.55. The third-order valence-corrected chi connectivity index (χ3v) is 2.70. The van der Waals surface area contributed by atoms with E-state index in [4.69, 9.17) is 10.00 Å². The van der Waals surface area contributed by atoms with Gasteiger partial charge in [-0.05, 0) is 6.42 Å². The molecule has 2 aliphatic rings. The quantitative estimate of drug-likeness (QED) is 0.356. The van der Waals surface area contributed by atoms with E-state index in [-0.39, 0.29) is 11.6 Å². The topological polar surface area (TPSA) is 77.7 Å². The molecule has 2 heterocycles. The van der Waals surface area contributed by atoms with Gasteiger partial charge in [-0.3, -0.25) is 10.3 Å². The lowest BCUT2D eigenvalue weighted by molar-refractivity contribution is -0.105. The normalized spacial score (nSPS) is 29.5. The van der Waals surface area contributed by atoms with Gasteiger partial charge in [0.1, 0.15) is 0 Å². The van der Waals surface area contributed by atoms with Crippen LogP contribution in [-0.2, 0) is 4.74 Å². The highest BCUT2D eigenvalue weighted by Gasteiger charge is 2.51. The van der Waals surface area contributed by atoms with E-state index >= 15 is 0 Å². The van der Waals surface area contributed by atoms with Gasteiger partial charge in [0.2, 0.25) is 0 Å². The fourth-order valence-electron chi connectivity index (χ4n) is 1.97. The highest BCUT2D eigenvalue weighted by molar-refractivity contribution is 5.09. The molecule has 0 saturated carbocycles. The summed E-state index contributed by atoms with van der Waals surface area (Å²) in [4.78, 5) is 11.7. The largest absolute Gasteiger partial charge is 0.376 e. The molecule has 2 aliphatic heterocycles. The first-order chi connectivity index (χ1) is 6.30. The van der Waals surface area contributed by atoms with Gasteiger partial charge in [-0.25, -0.2) is 0 Å². The zero-order valence-corrected chi connectivity index (χ0v) is 7.06. The molecule has 0 aromatic carbocycles. The summed E-state index contributed by atoms with van der Waals surface area (Å²) in [5, 5.41) is 11.5. The minimum atomic E-state index is -0.156. The summed E-state index contributed by atoms with van der Waals surface area (Å²) in [7, 11) is 0. The van der Waals surface area contributed by atoms with Crippen LogP contribution >= 0.6 is 0 Å². The molecule has 70 valence electrons. The second-order valence-corrected chi connectivity index (χ2v) is 3.55. The molecule has 1 unspecified atom stereocenters. The van der Waals surface area contributed by atoms with E-state index in [2.05, 4.69) is 16.9 Å². The van der Waals surface area contributed by atoms with Gasteiger partial charge in [-0.2, -0.15) is 5.26 Å². The van der Waals surface area contributed by atoms with Crippen molar-refractivity contribution in [1.29, 1.82) is 5.26 Å². The molecule has 0 amide bonds. The van der Waals surface area contributed by atoms with Gasteiger partial charge in [-0.15, -0.1) is 4.91 Å². The van der Waals surface area contributed by atoms with Crippen LogP contribution in [0.2, 0.25) is 0 Å². The molecule has 6 heteroatoms. The highest BCUT2D eigenvalue weighted by Crippen LogP contribution is 2.35. The molecule has 0 aromatic heterocycles. The Kier molecular flexibility index (Phi) is 1.81. The summed E-state index contributed by atoms with van der Waals surface area (Å²) >= 11 is 0. The number of nitroso groups, excluding NO2 is 1. The van der Waals surface area contributed by atoms with Crippen molar-refractivity contribution in [3.8, 4) is 6.19 Å². The molecule has 1 atom stereocenters. The first-order valence-corrected chi connectivity index (χ1v) is 4.14. The van der Waals surface area contributed by atoms with Crippen molar-refractivity contribution in [3.05, 3.63) is 4.91 Å². The van der Waals surface area contributed by atoms with Crippen molar-refractivity contribution in [2.24, 2.45) is 5.29 Å². The Bertz CT molecular complexity index is 258. The Morgan fingerprint density at radius 3 is 2.85 bits per heavy atom. The average Bonchev–Trinajstić information content (AvgIpc) is 2.43. The third-order valence-electron chi connectivity index (χ3n) is 2.70. The summed E-state index contributed by atoms with van der Waals surface area (Å²) < 4.78 is 5.09. The van der Waals surface area contributed by atoms with Crippen LogP contribution in [-0.4, -0.2) is 36.2 Å². The van der Waals surface area contributed by atoms with Crippen LogP contribution in [0.5, 0.6) is 0 Å². The minimum Gasteiger partial charge on any atom is -0.376 e. The number of nitrogens with zero attached hydrogens (tertiary/aromatic N) is 3. The lowest BCUT2D eigenvalue weighted by Crippen LogP contribution is -2.57. The van der Waals surface area contributed by atoms with E-state index in [1.165, 1.54) is 0 Å². The van der Waals surface area contributed by atoms with Crippen molar-refractivity contribution < 1.29 is 4.74 Å². The number of rotatable bonds is 2. The summed E-state index contributed by atoms with van der Waals surface area (Å²) in [5.41, 5.74) is 2.30. The fraction of sp³-hybridized carbons (Fsp3) is 0.857. The highest BCUT2D eigenvalue weighted by atomic mass is 16.5. The van der Waals surface area contributed by atoms with E-state index < -0.39 is 0 Å². The molecular weight excluding hydrogens is 172 g/mol. The van der Waals surface area contributed by atoms with E-state index in [0.29, 0.717) is 19.8 Å². The Labute approximate surface area is 75.4 Å². The standard InChI is InChI=1S/C7H10N4O2/c8-5-11-2-6(9-10-12)1-7(11)3-13-4-7/h6H,1-4H2,(H,9,12). The van der Waals surface area contributed by atoms with E-state index in [1.54, 1.807) is 4.90 Å². The first-order valence-electron chi connectivity index (χ1n) is 4.14.